The number of primary amides is 1. The number of β-amino-alcohol motifs (C(OH)–C–C–N with tert-alkyl or cyclic N) is 1. The molecule has 0 aromatic heterocycles. The summed E-state index contributed by atoms with van der Waals surface area (Å²) in [6.07, 6.45) is -0.998. The highest BCUT2D eigenvalue weighted by Crippen LogP contribution is 2.19. The van der Waals surface area contributed by atoms with Gasteiger partial charge in [-0.1, -0.05) is 18.2 Å². The van der Waals surface area contributed by atoms with E-state index in [0.29, 0.717) is 0 Å². The zero-order chi connectivity index (χ0) is 20.2. The molecule has 9 nitrogen and oxygen atoms in total. The first-order valence-electron chi connectivity index (χ1n) is 8.44. The van der Waals surface area contributed by atoms with Crippen molar-refractivity contribution in [2.24, 2.45) is 5.73 Å². The number of sulfone groups is 1. The number of nitrogens with zero attached hydrogens (tertiary/aromatic N) is 1. The number of likely N-dealkylation sites (tertiary alicyclic amines) is 1. The largest absolute Gasteiger partial charge is 0.391 e. The molecule has 4 N–H and O–H groups in total. The van der Waals surface area contributed by atoms with Crippen molar-refractivity contribution in [2.75, 3.05) is 12.3 Å². The highest BCUT2D eigenvalue weighted by molar-refractivity contribution is 7.91. The van der Waals surface area contributed by atoms with Gasteiger partial charge in [0.25, 0.3) is 0 Å². The number of nitrogens with one attached hydrogen (secondary N) is 1. The molecule has 0 unspecified atom stereocenters. The number of benzene rings is 1. The fourth-order valence-electron chi connectivity index (χ4n) is 2.98. The Hall–Kier alpha value is -2.46. The molecule has 1 aromatic rings. The van der Waals surface area contributed by atoms with Gasteiger partial charge >= 0.3 is 0 Å². The van der Waals surface area contributed by atoms with Crippen LogP contribution in [0.5, 0.6) is 0 Å². The zero-order valence-corrected chi connectivity index (χ0v) is 15.7. The van der Waals surface area contributed by atoms with Crippen molar-refractivity contribution in [2.45, 2.75) is 42.8 Å². The molecule has 0 spiro atoms. The summed E-state index contributed by atoms with van der Waals surface area (Å²) in [6, 6.07) is 5.61. The molecule has 3 amide bonds. The first-order valence-corrected chi connectivity index (χ1v) is 10.1. The topological polar surface area (TPSA) is 147 Å². The van der Waals surface area contributed by atoms with E-state index in [9.17, 15) is 27.9 Å². The van der Waals surface area contributed by atoms with Crippen LogP contribution < -0.4 is 11.1 Å². The van der Waals surface area contributed by atoms with Gasteiger partial charge in [0.1, 0.15) is 12.1 Å². The number of hydrogen-bond acceptors (Lipinski definition) is 6. The molecule has 1 heterocycles. The lowest BCUT2D eigenvalue weighted by Crippen LogP contribution is -2.52. The lowest BCUT2D eigenvalue weighted by Gasteiger charge is -2.24. The smallest absolute Gasteiger partial charge is 0.243 e. The summed E-state index contributed by atoms with van der Waals surface area (Å²) in [5, 5.41) is 12.1. The molecule has 0 aliphatic carbocycles. The molecule has 1 aliphatic rings. The third-order valence-electron chi connectivity index (χ3n) is 4.42. The van der Waals surface area contributed by atoms with Gasteiger partial charge in [-0.25, -0.2) is 8.42 Å². The van der Waals surface area contributed by atoms with Gasteiger partial charge in [0.15, 0.2) is 9.84 Å². The number of carbonyl (C=O) groups is 3. The SMILES string of the molecule is CC(=O)N1C[C@H](O)C[C@H]1C(=O)N[C@H](CCS(=O)(=O)c1ccccc1)C(N)=O. The van der Waals surface area contributed by atoms with Crippen molar-refractivity contribution in [3.8, 4) is 0 Å². The summed E-state index contributed by atoms with van der Waals surface area (Å²) in [4.78, 5) is 37.0. The maximum Gasteiger partial charge on any atom is 0.243 e. The van der Waals surface area contributed by atoms with Crippen molar-refractivity contribution in [1.29, 1.82) is 0 Å². The first-order chi connectivity index (χ1) is 12.6. The van der Waals surface area contributed by atoms with Crippen LogP contribution in [0.1, 0.15) is 19.8 Å². The number of hydrogen-bond donors (Lipinski definition) is 3. The molecule has 10 heteroatoms. The molecule has 1 saturated heterocycles. The van der Waals surface area contributed by atoms with E-state index in [4.69, 9.17) is 5.73 Å². The number of aliphatic hydroxyl groups excluding tert-OH is 1. The molecule has 148 valence electrons. The average Bonchev–Trinajstić information content (AvgIpc) is 3.01. The van der Waals surface area contributed by atoms with Crippen LogP contribution in [-0.2, 0) is 24.2 Å². The van der Waals surface area contributed by atoms with Gasteiger partial charge in [-0.2, -0.15) is 0 Å². The second-order valence-corrected chi connectivity index (χ2v) is 8.57. The fraction of sp³-hybridized carbons (Fsp3) is 0.471. The van der Waals surface area contributed by atoms with Gasteiger partial charge in [-0.3, -0.25) is 14.4 Å². The quantitative estimate of drug-likeness (QED) is 0.527. The van der Waals surface area contributed by atoms with Crippen molar-refractivity contribution >= 4 is 27.6 Å². The van der Waals surface area contributed by atoms with E-state index in [0.717, 1.165) is 0 Å². The Morgan fingerprint density at radius 2 is 1.93 bits per heavy atom. The van der Waals surface area contributed by atoms with E-state index in [2.05, 4.69) is 5.32 Å². The second-order valence-electron chi connectivity index (χ2n) is 6.46. The minimum absolute atomic E-state index is 0.0248. The predicted octanol–water partition coefficient (Wildman–Crippen LogP) is -1.20. The van der Waals surface area contributed by atoms with E-state index in [1.165, 1.54) is 24.0 Å². The molecule has 1 aromatic carbocycles. The molecule has 0 saturated carbocycles. The zero-order valence-electron chi connectivity index (χ0n) is 14.9. The molecule has 1 aliphatic heterocycles. The van der Waals surface area contributed by atoms with E-state index < -0.39 is 39.8 Å². The van der Waals surface area contributed by atoms with Crippen molar-refractivity contribution in [3.05, 3.63) is 30.3 Å². The standard InChI is InChI=1S/C17H23N3O6S/c1-11(21)20-10-12(22)9-15(20)17(24)19-14(16(18)23)7-8-27(25,26)13-5-3-2-4-6-13/h2-6,12,14-15,22H,7-10H2,1H3,(H2,18,23)(H,19,24)/t12-,14-,15+/m1/s1. The van der Waals surface area contributed by atoms with Crippen LogP contribution >= 0.6 is 0 Å². The van der Waals surface area contributed by atoms with Crippen LogP contribution in [-0.4, -0.2) is 66.6 Å². The Labute approximate surface area is 157 Å². The summed E-state index contributed by atoms with van der Waals surface area (Å²) in [7, 11) is -3.64. The van der Waals surface area contributed by atoms with Crippen molar-refractivity contribution < 1.29 is 27.9 Å². The summed E-state index contributed by atoms with van der Waals surface area (Å²) < 4.78 is 24.7. The maximum absolute atomic E-state index is 12.4. The van der Waals surface area contributed by atoms with E-state index in [-0.39, 0.29) is 35.9 Å². The molecule has 3 atom stereocenters. The highest BCUT2D eigenvalue weighted by atomic mass is 32.2. The lowest BCUT2D eigenvalue weighted by molar-refractivity contribution is -0.138. The van der Waals surface area contributed by atoms with Crippen LogP contribution in [0, 0.1) is 0 Å². The van der Waals surface area contributed by atoms with Crippen molar-refractivity contribution in [3.63, 3.8) is 0 Å². The molecule has 27 heavy (non-hydrogen) atoms. The number of carbonyl (C=O) groups excluding carboxylic acids is 3. The van der Waals surface area contributed by atoms with Gasteiger partial charge < -0.3 is 21.1 Å². The Balaban J connectivity index is 2.04. The predicted molar refractivity (Wildman–Crippen MR) is 96.0 cm³/mol. The third kappa shape index (κ3) is 5.27. The van der Waals surface area contributed by atoms with Crippen molar-refractivity contribution in [1.82, 2.24) is 10.2 Å². The monoisotopic (exact) mass is 397 g/mol. The Morgan fingerprint density at radius 1 is 1.30 bits per heavy atom. The van der Waals surface area contributed by atoms with Gasteiger partial charge in [0, 0.05) is 19.9 Å². The average molecular weight is 397 g/mol. The van der Waals surface area contributed by atoms with Crippen LogP contribution in [0.3, 0.4) is 0 Å². The molecule has 0 bridgehead atoms. The van der Waals surface area contributed by atoms with E-state index in [1.807, 2.05) is 0 Å². The Bertz CT molecular complexity index is 811. The van der Waals surface area contributed by atoms with E-state index >= 15 is 0 Å². The van der Waals surface area contributed by atoms with Crippen LogP contribution in [0.15, 0.2) is 35.2 Å². The minimum atomic E-state index is -3.64. The summed E-state index contributed by atoms with van der Waals surface area (Å²) in [5.74, 6) is -2.29. The molecule has 0 radical (unpaired) electrons. The second kappa shape index (κ2) is 8.49. The van der Waals surface area contributed by atoms with Gasteiger partial charge in [-0.05, 0) is 18.6 Å². The van der Waals surface area contributed by atoms with E-state index in [1.54, 1.807) is 18.2 Å². The molecular formula is C17H23N3O6S. The lowest BCUT2D eigenvalue weighted by atomic mass is 10.1. The van der Waals surface area contributed by atoms with Crippen LogP contribution in [0.2, 0.25) is 0 Å². The van der Waals surface area contributed by atoms with Crippen LogP contribution in [0.25, 0.3) is 0 Å². The van der Waals surface area contributed by atoms with Gasteiger partial charge in [0.2, 0.25) is 17.7 Å². The summed E-state index contributed by atoms with van der Waals surface area (Å²) >= 11 is 0. The fourth-order valence-corrected chi connectivity index (χ4v) is 4.34. The van der Waals surface area contributed by atoms with Gasteiger partial charge in [0.05, 0.1) is 16.8 Å². The van der Waals surface area contributed by atoms with Gasteiger partial charge in [-0.15, -0.1) is 0 Å². The summed E-state index contributed by atoms with van der Waals surface area (Å²) in [5.41, 5.74) is 5.30. The highest BCUT2D eigenvalue weighted by Gasteiger charge is 2.38. The van der Waals surface area contributed by atoms with Crippen LogP contribution in [0.4, 0.5) is 0 Å². The Morgan fingerprint density at radius 3 is 2.48 bits per heavy atom. The number of amides is 3. The first kappa shape index (κ1) is 20.8. The molecule has 1 fully saturated rings. The third-order valence-corrected chi connectivity index (χ3v) is 6.19. The number of aliphatic hydroxyl groups is 1. The number of nitrogens with two attached hydrogens (primary N) is 1. The maximum atomic E-state index is 12.4. The summed E-state index contributed by atoms with van der Waals surface area (Å²) in [6.45, 7) is 1.30. The normalized spacial score (nSPS) is 20.9. The number of rotatable bonds is 7. The molecule has 2 rings (SSSR count). The molecular weight excluding hydrogens is 374 g/mol. The Kier molecular flexibility index (Phi) is 6.55. The minimum Gasteiger partial charge on any atom is -0.391 e.